The molecule has 1 heterocycles. The van der Waals surface area contributed by atoms with Crippen molar-refractivity contribution in [3.8, 4) is 0 Å². The Bertz CT molecular complexity index is 945. The van der Waals surface area contributed by atoms with E-state index in [1.165, 1.54) is 141 Å². The highest BCUT2D eigenvalue weighted by Crippen LogP contribution is 2.23. The molecule has 0 aromatic rings. The molecule has 0 aromatic heterocycles. The molecule has 0 saturated carbocycles. The van der Waals surface area contributed by atoms with Gasteiger partial charge < -0.3 is 40.3 Å². The van der Waals surface area contributed by atoms with Gasteiger partial charge in [0.25, 0.3) is 0 Å². The Labute approximate surface area is 349 Å². The van der Waals surface area contributed by atoms with E-state index in [1.807, 2.05) is 0 Å². The average molecular weight is 810 g/mol. The van der Waals surface area contributed by atoms with Crippen LogP contribution in [-0.4, -0.2) is 87.5 Å². The number of rotatable bonds is 40. The molecule has 1 fully saturated rings. The third-order valence-corrected chi connectivity index (χ3v) is 11.6. The Morgan fingerprint density at radius 1 is 0.596 bits per heavy atom. The first kappa shape index (κ1) is 53.7. The normalized spacial score (nSPS) is 21.1. The van der Waals surface area contributed by atoms with Crippen LogP contribution < -0.4 is 5.32 Å². The molecule has 0 bridgehead atoms. The third-order valence-electron chi connectivity index (χ3n) is 11.6. The minimum Gasteiger partial charge on any atom is -0.394 e. The molecule has 9 heteroatoms. The maximum Gasteiger partial charge on any atom is 0.220 e. The second kappa shape index (κ2) is 38.8. The van der Waals surface area contributed by atoms with Gasteiger partial charge in [-0.15, -0.1) is 0 Å². The van der Waals surface area contributed by atoms with Gasteiger partial charge in [0, 0.05) is 6.42 Å². The number of carbonyl (C=O) groups is 1. The fourth-order valence-corrected chi connectivity index (χ4v) is 7.66. The Kier molecular flexibility index (Phi) is 36.6. The molecule has 57 heavy (non-hydrogen) atoms. The number of aliphatic hydroxyl groups excluding tert-OH is 5. The van der Waals surface area contributed by atoms with Gasteiger partial charge in [0.2, 0.25) is 5.91 Å². The maximum atomic E-state index is 13.0. The van der Waals surface area contributed by atoms with Gasteiger partial charge in [0.1, 0.15) is 24.4 Å². The summed E-state index contributed by atoms with van der Waals surface area (Å²) in [6, 6.07) is -0.721. The Balaban J connectivity index is 2.31. The average Bonchev–Trinajstić information content (AvgIpc) is 3.21. The molecular formula is C48H91NO8. The zero-order chi connectivity index (χ0) is 41.6. The Morgan fingerprint density at radius 2 is 1.04 bits per heavy atom. The van der Waals surface area contributed by atoms with Gasteiger partial charge in [-0.05, 0) is 44.9 Å². The van der Waals surface area contributed by atoms with Crippen molar-refractivity contribution < 1.29 is 39.8 Å². The molecule has 1 aliphatic heterocycles. The van der Waals surface area contributed by atoms with Crippen LogP contribution in [0.4, 0.5) is 0 Å². The van der Waals surface area contributed by atoms with Gasteiger partial charge >= 0.3 is 0 Å². The van der Waals surface area contributed by atoms with Crippen LogP contribution in [0.5, 0.6) is 0 Å². The van der Waals surface area contributed by atoms with Crippen molar-refractivity contribution in [3.63, 3.8) is 0 Å². The van der Waals surface area contributed by atoms with E-state index in [-0.39, 0.29) is 12.5 Å². The molecule has 0 spiro atoms. The molecule has 1 rings (SSSR count). The number of amides is 1. The maximum absolute atomic E-state index is 13.0. The van der Waals surface area contributed by atoms with Crippen LogP contribution in [0.25, 0.3) is 0 Å². The van der Waals surface area contributed by atoms with Gasteiger partial charge in [-0.2, -0.15) is 0 Å². The predicted molar refractivity (Wildman–Crippen MR) is 235 cm³/mol. The van der Waals surface area contributed by atoms with Crippen molar-refractivity contribution in [3.05, 3.63) is 24.3 Å². The topological polar surface area (TPSA) is 149 Å². The van der Waals surface area contributed by atoms with E-state index in [1.54, 1.807) is 0 Å². The number of unbranched alkanes of at least 4 members (excludes halogenated alkanes) is 26. The summed E-state index contributed by atoms with van der Waals surface area (Å²) in [6.07, 6.45) is 38.9. The van der Waals surface area contributed by atoms with Crippen molar-refractivity contribution in [2.75, 3.05) is 13.2 Å². The number of ether oxygens (including phenoxy) is 2. The highest BCUT2D eigenvalue weighted by atomic mass is 16.7. The molecule has 6 N–H and O–H groups in total. The highest BCUT2D eigenvalue weighted by molar-refractivity contribution is 5.76. The summed E-state index contributed by atoms with van der Waals surface area (Å²) in [4.78, 5) is 13.0. The van der Waals surface area contributed by atoms with E-state index in [0.717, 1.165) is 51.4 Å². The zero-order valence-corrected chi connectivity index (χ0v) is 36.9. The lowest BCUT2D eigenvalue weighted by molar-refractivity contribution is -0.302. The van der Waals surface area contributed by atoms with E-state index in [2.05, 4.69) is 43.5 Å². The first-order chi connectivity index (χ1) is 27.8. The first-order valence-corrected chi connectivity index (χ1v) is 24.0. The van der Waals surface area contributed by atoms with Crippen LogP contribution >= 0.6 is 0 Å². The van der Waals surface area contributed by atoms with Gasteiger partial charge in [-0.25, -0.2) is 0 Å². The zero-order valence-electron chi connectivity index (χ0n) is 36.9. The standard InChI is InChI=1S/C48H91NO8/c1-3-5-7-9-11-13-15-17-19-21-23-25-27-29-31-33-35-37-42(51)41(40-56-48-47(55)46(54)45(53)43(39-50)57-48)49-44(52)38-36-34-32-30-28-26-24-22-20-18-16-14-12-10-8-6-4-2/h12,14,18,20,41-43,45-48,50-51,53-55H,3-11,13,15-17,19,21-40H2,1-2H3,(H,49,52)/b14-12-,20-18-. The first-order valence-electron chi connectivity index (χ1n) is 24.0. The van der Waals surface area contributed by atoms with E-state index >= 15 is 0 Å². The molecule has 9 nitrogen and oxygen atoms in total. The molecule has 0 aromatic carbocycles. The SMILES string of the molecule is CCCCC/C=C\C/C=C\CCCCCCCCCC(=O)NC(COC1OC(CO)C(O)C(O)C1O)C(O)CCCCCCCCCCCCCCCCCCC. The third kappa shape index (κ3) is 29.5. The molecular weight excluding hydrogens is 719 g/mol. The summed E-state index contributed by atoms with van der Waals surface area (Å²) >= 11 is 0. The highest BCUT2D eigenvalue weighted by Gasteiger charge is 2.44. The second-order valence-electron chi connectivity index (χ2n) is 16.9. The molecule has 7 atom stereocenters. The summed E-state index contributed by atoms with van der Waals surface area (Å²) in [7, 11) is 0. The summed E-state index contributed by atoms with van der Waals surface area (Å²) in [6.45, 7) is 3.81. The second-order valence-corrected chi connectivity index (χ2v) is 16.9. The number of carbonyl (C=O) groups excluding carboxylic acids is 1. The molecule has 0 radical (unpaired) electrons. The van der Waals surface area contributed by atoms with Crippen molar-refractivity contribution >= 4 is 5.91 Å². The van der Waals surface area contributed by atoms with Gasteiger partial charge in [0.15, 0.2) is 6.29 Å². The monoisotopic (exact) mass is 810 g/mol. The predicted octanol–water partition coefficient (Wildman–Crippen LogP) is 10.3. The molecule has 0 aliphatic carbocycles. The summed E-state index contributed by atoms with van der Waals surface area (Å²) < 4.78 is 11.3. The minimum absolute atomic E-state index is 0.139. The van der Waals surface area contributed by atoms with Crippen molar-refractivity contribution in [2.24, 2.45) is 0 Å². The number of nitrogens with one attached hydrogen (secondary N) is 1. The lowest BCUT2D eigenvalue weighted by Gasteiger charge is -2.40. The van der Waals surface area contributed by atoms with E-state index in [0.29, 0.717) is 12.8 Å². The molecule has 7 unspecified atom stereocenters. The number of hydrogen-bond donors (Lipinski definition) is 6. The number of hydrogen-bond acceptors (Lipinski definition) is 8. The van der Waals surface area contributed by atoms with Crippen LogP contribution in [-0.2, 0) is 14.3 Å². The summed E-state index contributed by atoms with van der Waals surface area (Å²) in [5.74, 6) is -0.151. The molecule has 1 amide bonds. The molecule has 336 valence electrons. The molecule has 1 saturated heterocycles. The van der Waals surface area contributed by atoms with Crippen molar-refractivity contribution in [1.29, 1.82) is 0 Å². The Hall–Kier alpha value is -1.33. The van der Waals surface area contributed by atoms with Crippen LogP contribution in [0.15, 0.2) is 24.3 Å². The fraction of sp³-hybridized carbons (Fsp3) is 0.896. The minimum atomic E-state index is -1.55. The van der Waals surface area contributed by atoms with Gasteiger partial charge in [0.05, 0.1) is 25.4 Å². The summed E-state index contributed by atoms with van der Waals surface area (Å²) in [5, 5.41) is 54.4. The van der Waals surface area contributed by atoms with Crippen LogP contribution in [0, 0.1) is 0 Å². The fourth-order valence-electron chi connectivity index (χ4n) is 7.66. The summed E-state index contributed by atoms with van der Waals surface area (Å²) in [5.41, 5.74) is 0. The van der Waals surface area contributed by atoms with Crippen molar-refractivity contribution in [2.45, 2.75) is 262 Å². The quantitative estimate of drug-likeness (QED) is 0.0265. The lowest BCUT2D eigenvalue weighted by Crippen LogP contribution is -2.60. The lowest BCUT2D eigenvalue weighted by atomic mass is 9.99. The van der Waals surface area contributed by atoms with Gasteiger partial charge in [-0.1, -0.05) is 192 Å². The van der Waals surface area contributed by atoms with Gasteiger partial charge in [-0.3, -0.25) is 4.79 Å². The molecule has 1 aliphatic rings. The number of aliphatic hydroxyl groups is 5. The Morgan fingerprint density at radius 3 is 1.54 bits per heavy atom. The van der Waals surface area contributed by atoms with Crippen LogP contribution in [0.3, 0.4) is 0 Å². The van der Waals surface area contributed by atoms with Crippen LogP contribution in [0.2, 0.25) is 0 Å². The van der Waals surface area contributed by atoms with Crippen LogP contribution in [0.1, 0.15) is 219 Å². The van der Waals surface area contributed by atoms with E-state index < -0.39 is 49.5 Å². The smallest absolute Gasteiger partial charge is 0.220 e. The van der Waals surface area contributed by atoms with E-state index in [9.17, 15) is 30.3 Å². The largest absolute Gasteiger partial charge is 0.394 e. The van der Waals surface area contributed by atoms with E-state index in [4.69, 9.17) is 9.47 Å². The number of allylic oxidation sites excluding steroid dienone is 4. The van der Waals surface area contributed by atoms with Crippen molar-refractivity contribution in [1.82, 2.24) is 5.32 Å².